The molecule has 0 N–H and O–H groups in total. The molecule has 7 heterocycles. The maximum Gasteiger partial charge on any atom is 0.0670 e. The average molecular weight is 2140 g/mol. The zero-order chi connectivity index (χ0) is 93.9. The maximum atomic E-state index is 6.59. The van der Waals surface area contributed by atoms with Gasteiger partial charge in [-0.1, -0.05) is 267 Å². The predicted octanol–water partition coefficient (Wildman–Crippen LogP) is 31.9. The first-order valence-corrected chi connectivity index (χ1v) is 55.0. The molecule has 7 saturated heterocycles. The number of hydrogen-bond acceptors (Lipinski definition) is 12. The van der Waals surface area contributed by atoms with E-state index in [9.17, 15) is 0 Å². The predicted molar refractivity (Wildman–Crippen MR) is 580 cm³/mol. The fraction of sp³-hybridized carbons (Fsp3) is 0.444. The van der Waals surface area contributed by atoms with Gasteiger partial charge in [-0.05, 0) is 274 Å². The lowest BCUT2D eigenvalue weighted by atomic mass is 9.91. The van der Waals surface area contributed by atoms with Crippen molar-refractivity contribution in [2.24, 2.45) is 17.8 Å². The van der Waals surface area contributed by atoms with Crippen molar-refractivity contribution in [3.63, 3.8) is 0 Å². The molecule has 2 bridgehead atoms. The molecular weight excluding hydrogens is 2020 g/mol. The van der Waals surface area contributed by atoms with E-state index >= 15 is 0 Å². The molecule has 0 radical (unpaired) electrons. The molecule has 27 heteroatoms. The summed E-state index contributed by atoms with van der Waals surface area (Å²) in [5.74, 6) is 5.23. The molecule has 0 spiro atoms. The Hall–Kier alpha value is -4.34. The van der Waals surface area contributed by atoms with Crippen molar-refractivity contribution < 1.29 is 4.74 Å². The summed E-state index contributed by atoms with van der Waals surface area (Å²) in [6, 6.07) is 74.9. The lowest BCUT2D eigenvalue weighted by molar-refractivity contribution is 0.0270. The van der Waals surface area contributed by atoms with Gasteiger partial charge in [0.25, 0.3) is 0 Å². The summed E-state index contributed by atoms with van der Waals surface area (Å²) in [4.78, 5) is 25.5. The van der Waals surface area contributed by atoms with Crippen LogP contribution in [0.4, 0.5) is 28.4 Å². The van der Waals surface area contributed by atoms with E-state index in [2.05, 4.69) is 134 Å². The molecule has 7 aliphatic heterocycles. The van der Waals surface area contributed by atoms with Crippen molar-refractivity contribution in [1.82, 2.24) is 24.5 Å². The molecule has 0 amide bonds. The highest BCUT2D eigenvalue weighted by Gasteiger charge is 2.46. The van der Waals surface area contributed by atoms with Crippen molar-refractivity contribution in [3.8, 4) is 0 Å². The van der Waals surface area contributed by atoms with Gasteiger partial charge in [-0.3, -0.25) is 24.5 Å². The second-order valence-electron chi connectivity index (χ2n) is 38.2. The third kappa shape index (κ3) is 26.1. The Bertz CT molecular complexity index is 5230. The quantitative estimate of drug-likeness (QED) is 0.0982. The van der Waals surface area contributed by atoms with Crippen LogP contribution in [-0.2, 0) is 4.74 Å². The van der Waals surface area contributed by atoms with Gasteiger partial charge in [0.2, 0.25) is 0 Å². The molecule has 21 rings (SSSR count). The van der Waals surface area contributed by atoms with Crippen LogP contribution < -0.4 is 24.5 Å². The highest BCUT2D eigenvalue weighted by molar-refractivity contribution is 7.99. The Kier molecular flexibility index (Phi) is 36.6. The molecule has 11 aliphatic rings. The number of benzene rings is 10. The van der Waals surface area contributed by atoms with Gasteiger partial charge >= 0.3 is 0 Å². The number of thioether (sulfide) groups is 1. The lowest BCUT2D eigenvalue weighted by Crippen LogP contribution is -2.53. The Morgan fingerprint density at radius 1 is 0.259 bits per heavy atom. The van der Waals surface area contributed by atoms with Crippen LogP contribution >= 0.6 is 186 Å². The fourth-order valence-electron chi connectivity index (χ4n) is 23.0. The van der Waals surface area contributed by atoms with Crippen molar-refractivity contribution in [3.05, 3.63) is 315 Å². The summed E-state index contributed by atoms with van der Waals surface area (Å²) in [6.45, 7) is 19.2. The minimum Gasteiger partial charge on any atom is -0.381 e. The normalized spacial score (nSPS) is 25.1. The molecule has 4 aliphatic carbocycles. The zero-order valence-electron chi connectivity index (χ0n) is 76.2. The fourth-order valence-corrected chi connectivity index (χ4v) is 27.5. The monoisotopic (exact) mass is 2130 g/mol. The van der Waals surface area contributed by atoms with E-state index in [1.54, 1.807) is 0 Å². The van der Waals surface area contributed by atoms with Crippen LogP contribution in [0.2, 0.25) is 75.3 Å². The summed E-state index contributed by atoms with van der Waals surface area (Å²) >= 11 is 96.2. The van der Waals surface area contributed by atoms with Gasteiger partial charge < -0.3 is 29.2 Å². The zero-order valence-corrected chi connectivity index (χ0v) is 88.4. The molecule has 11 atom stereocenters. The van der Waals surface area contributed by atoms with E-state index in [1.165, 1.54) is 123 Å². The molecule has 11 unspecified atom stereocenters. The van der Waals surface area contributed by atoms with Crippen LogP contribution in [0.3, 0.4) is 0 Å². The summed E-state index contributed by atoms with van der Waals surface area (Å²) < 4.78 is 5.55. The summed E-state index contributed by atoms with van der Waals surface area (Å²) in [5, 5.41) is 10.8. The highest BCUT2D eigenvalue weighted by Crippen LogP contribution is 2.50. The van der Waals surface area contributed by atoms with E-state index < -0.39 is 0 Å². The number of hydrogen-bond donors (Lipinski definition) is 0. The molecule has 11 nitrogen and oxygen atoms in total. The number of anilines is 5. The molecule has 135 heavy (non-hydrogen) atoms. The first-order valence-electron chi connectivity index (χ1n) is 48.2. The molecule has 10 aromatic rings. The number of halogens is 15. The SMILES string of the molecule is CC1CCC(N2CCN(c3ccc(Cl)cc3Cl)C(c3ccc(Cl)cc3)C2)C1.Clc1ccc(C2CN(C3CC4CCC3C4)CCN2c2ccc(Cl)cc2Cl)cc1.Clc1ccc(C2CN(C3CCCCC3)CCN2c2ccc(Cl)cc2Cl)cc1.Clc1ccc(C2CN(C3CCOCC3)CCN2c2ccc(Cl)cc2Cl)cc1.Clc1ccc(C2CN(C3CCSC3)CCN2c2ccc(Cl)cc2Cl)cc1. The van der Waals surface area contributed by atoms with E-state index in [0.717, 1.165) is 213 Å². The molecular formula is C108H119Cl15N10OS. The lowest BCUT2D eigenvalue weighted by Gasteiger charge is -2.47. The first-order chi connectivity index (χ1) is 65.4. The van der Waals surface area contributed by atoms with Gasteiger partial charge in [0.05, 0.1) is 83.8 Å². The highest BCUT2D eigenvalue weighted by atomic mass is 35.5. The number of piperazine rings is 5. The van der Waals surface area contributed by atoms with E-state index in [1.807, 2.05) is 146 Å². The number of ether oxygens (including phenoxy) is 1. The third-order valence-corrected chi connectivity index (χ3v) is 35.1. The van der Waals surface area contributed by atoms with Crippen molar-refractivity contribution >= 4 is 214 Å². The van der Waals surface area contributed by atoms with E-state index in [0.29, 0.717) is 63.3 Å². The van der Waals surface area contributed by atoms with Crippen molar-refractivity contribution in [1.29, 1.82) is 0 Å². The van der Waals surface area contributed by atoms with E-state index in [4.69, 9.17) is 179 Å². The molecule has 11 fully saturated rings. The molecule has 10 aromatic carbocycles. The average Bonchev–Trinajstić information content (AvgIpc) is 1.75. The van der Waals surface area contributed by atoms with Gasteiger partial charge in [0, 0.05) is 198 Å². The summed E-state index contributed by atoms with van der Waals surface area (Å²) in [6.07, 6.45) is 19.9. The minimum atomic E-state index is 0.220. The van der Waals surface area contributed by atoms with Crippen LogP contribution in [0.1, 0.15) is 161 Å². The van der Waals surface area contributed by atoms with E-state index in [-0.39, 0.29) is 30.2 Å². The van der Waals surface area contributed by atoms with Crippen LogP contribution in [-0.4, -0.2) is 178 Å². The van der Waals surface area contributed by atoms with Gasteiger partial charge in [-0.2, -0.15) is 11.8 Å². The van der Waals surface area contributed by atoms with Gasteiger partial charge in [-0.25, -0.2) is 0 Å². The molecule has 0 aromatic heterocycles. The Balaban J connectivity index is 0.000000117. The first kappa shape index (κ1) is 102. The molecule has 4 saturated carbocycles. The standard InChI is InChI=1S/C23H25Cl3N2.2C22H25Cl3N2.C21H23Cl3N2O.C20H21Cl3N2S/c24-18-5-3-16(4-6-18)23-14-27(22-12-15-1-2-17(22)11-15)9-10-28(23)21-8-7-19(25)13-20(21)26;1-15-2-8-19(12-15)26-10-11-27(21-9-7-18(24)13-20(21)25)22(14-26)16-3-5-17(23)6-4-16;23-17-8-6-16(7-9-17)22-15-26(19-4-2-1-3-5-19)12-13-27(22)21-11-10-18(24)14-20(21)25;22-16-3-1-15(2-4-16)21-14-25(18-7-11-27-12-8-18)9-10-26(21)20-6-5-17(23)13-19(20)24;21-15-3-1-14(2-4-15)20-12-24(17-7-10-26-13-17)8-9-25(20)19-6-5-16(22)11-18(19)23/h3-8,13,15,17,22-23H,1-2,9-12,14H2;3-7,9,13,15,19,22H,2,8,10-12,14H2,1H3;6-11,14,19,22H,1-5,12-13,15H2;1-6,13,18,21H,7-12,14H2;1-6,11,17,20H,7-10,12-13H2. The van der Waals surface area contributed by atoms with Crippen LogP contribution in [0.25, 0.3) is 0 Å². The van der Waals surface area contributed by atoms with Gasteiger partial charge in [-0.15, -0.1) is 0 Å². The van der Waals surface area contributed by atoms with Crippen molar-refractivity contribution in [2.75, 3.05) is 147 Å². The number of nitrogens with zero attached hydrogens (tertiary/aromatic N) is 10. The smallest absolute Gasteiger partial charge is 0.0670 e. The topological polar surface area (TPSA) is 41.6 Å². The van der Waals surface area contributed by atoms with Gasteiger partial charge in [0.15, 0.2) is 0 Å². The largest absolute Gasteiger partial charge is 0.381 e. The second kappa shape index (κ2) is 48.4. The minimum absolute atomic E-state index is 0.220. The van der Waals surface area contributed by atoms with Gasteiger partial charge in [0.1, 0.15) is 0 Å². The summed E-state index contributed by atoms with van der Waals surface area (Å²) in [5.41, 5.74) is 11.7. The van der Waals surface area contributed by atoms with Crippen LogP contribution in [0.5, 0.6) is 0 Å². The number of rotatable bonds is 15. The Morgan fingerprint density at radius 3 is 0.837 bits per heavy atom. The Morgan fingerprint density at radius 2 is 0.556 bits per heavy atom. The Labute approximate surface area is 879 Å². The third-order valence-electron chi connectivity index (χ3n) is 30.0. The van der Waals surface area contributed by atoms with Crippen LogP contribution in [0, 0.1) is 17.8 Å². The van der Waals surface area contributed by atoms with Crippen LogP contribution in [0.15, 0.2) is 212 Å². The second-order valence-corrected chi connectivity index (χ2v) is 45.8. The number of fused-ring (bicyclic) bond motifs is 2. The molecule has 718 valence electrons. The summed E-state index contributed by atoms with van der Waals surface area (Å²) in [7, 11) is 0. The maximum absolute atomic E-state index is 6.59. The van der Waals surface area contributed by atoms with Crippen molar-refractivity contribution in [2.45, 2.75) is 164 Å².